The molecule has 0 bridgehead atoms. The SMILES string of the molecule is NS(=O)(=O)OC[C@H]1O[C@@H](n2cnc3c(C[C@H]4CCc5ccccc54)ncnc32)[C@H](O)[C@@H]1O. The maximum absolute atomic E-state index is 11.0. The number of fused-ring (bicyclic) bond motifs is 2. The van der Waals surface area contributed by atoms with Crippen molar-refractivity contribution in [2.24, 2.45) is 5.14 Å². The Morgan fingerprint density at radius 3 is 2.81 bits per heavy atom. The zero-order valence-corrected chi connectivity index (χ0v) is 17.8. The predicted molar refractivity (Wildman–Crippen MR) is 112 cm³/mol. The van der Waals surface area contributed by atoms with E-state index in [0.29, 0.717) is 23.5 Å². The number of aromatic nitrogens is 4. The van der Waals surface area contributed by atoms with Gasteiger partial charge in [0.15, 0.2) is 11.9 Å². The Bertz CT molecular complexity index is 1250. The van der Waals surface area contributed by atoms with Gasteiger partial charge in [-0.3, -0.25) is 8.75 Å². The number of nitrogens with zero attached hydrogens (tertiary/aromatic N) is 4. The van der Waals surface area contributed by atoms with Gasteiger partial charge in [-0.05, 0) is 36.3 Å². The molecule has 5 atom stereocenters. The molecule has 0 amide bonds. The van der Waals surface area contributed by atoms with E-state index in [1.54, 1.807) is 0 Å². The summed E-state index contributed by atoms with van der Waals surface area (Å²) in [6.45, 7) is -0.526. The van der Waals surface area contributed by atoms with Gasteiger partial charge >= 0.3 is 10.3 Å². The maximum Gasteiger partial charge on any atom is 0.333 e. The fourth-order valence-corrected chi connectivity index (χ4v) is 4.91. The Balaban J connectivity index is 1.40. The van der Waals surface area contributed by atoms with Crippen LogP contribution in [0.5, 0.6) is 0 Å². The van der Waals surface area contributed by atoms with Gasteiger partial charge in [-0.15, -0.1) is 0 Å². The molecule has 3 aromatic rings. The highest BCUT2D eigenvalue weighted by atomic mass is 32.2. The molecule has 5 rings (SSSR count). The molecule has 4 N–H and O–H groups in total. The number of imidazole rings is 1. The molecular weight excluding hydrogens is 438 g/mol. The number of nitrogens with two attached hydrogens (primary N) is 1. The average molecular weight is 462 g/mol. The van der Waals surface area contributed by atoms with E-state index < -0.39 is 41.5 Å². The molecule has 12 heteroatoms. The first-order valence-electron chi connectivity index (χ1n) is 10.2. The molecule has 1 fully saturated rings. The molecule has 170 valence electrons. The normalized spacial score (nSPS) is 27.8. The number of hydrogen-bond acceptors (Lipinski definition) is 9. The fraction of sp³-hybridized carbons (Fsp3) is 0.450. The number of aliphatic hydroxyl groups is 2. The molecule has 3 heterocycles. The second kappa shape index (κ2) is 8.14. The van der Waals surface area contributed by atoms with Crippen LogP contribution in [0.1, 0.15) is 35.4 Å². The molecular formula is C20H23N5O6S. The number of benzene rings is 1. The number of ether oxygens (including phenoxy) is 1. The summed E-state index contributed by atoms with van der Waals surface area (Å²) in [4.78, 5) is 13.2. The molecule has 2 aliphatic rings. The molecule has 0 unspecified atom stereocenters. The Hall–Kier alpha value is -2.48. The van der Waals surface area contributed by atoms with E-state index in [1.165, 1.54) is 28.3 Å². The first-order chi connectivity index (χ1) is 15.3. The lowest BCUT2D eigenvalue weighted by molar-refractivity contribution is -0.0467. The number of aryl methyl sites for hydroxylation is 1. The predicted octanol–water partition coefficient (Wildman–Crippen LogP) is -0.0619. The van der Waals surface area contributed by atoms with Gasteiger partial charge in [-0.1, -0.05) is 24.3 Å². The van der Waals surface area contributed by atoms with E-state index in [2.05, 4.69) is 31.3 Å². The Labute approximate surface area is 184 Å². The van der Waals surface area contributed by atoms with Gasteiger partial charge in [0, 0.05) is 0 Å². The maximum atomic E-state index is 11.0. The van der Waals surface area contributed by atoms with Gasteiger partial charge in [-0.2, -0.15) is 8.42 Å². The second-order valence-corrected chi connectivity index (χ2v) is 9.33. The van der Waals surface area contributed by atoms with Crippen molar-refractivity contribution >= 4 is 21.5 Å². The highest BCUT2D eigenvalue weighted by Gasteiger charge is 2.45. The summed E-state index contributed by atoms with van der Waals surface area (Å²) in [5.41, 5.74) is 4.51. The van der Waals surface area contributed by atoms with Gasteiger partial charge in [0.2, 0.25) is 0 Å². The van der Waals surface area contributed by atoms with Crippen molar-refractivity contribution in [3.63, 3.8) is 0 Å². The lowest BCUT2D eigenvalue weighted by Gasteiger charge is -2.16. The molecule has 2 aromatic heterocycles. The van der Waals surface area contributed by atoms with E-state index >= 15 is 0 Å². The third-order valence-electron chi connectivity index (χ3n) is 6.14. The van der Waals surface area contributed by atoms with Crippen LogP contribution in [0.2, 0.25) is 0 Å². The molecule has 32 heavy (non-hydrogen) atoms. The molecule has 0 radical (unpaired) electrons. The molecule has 11 nitrogen and oxygen atoms in total. The van der Waals surface area contributed by atoms with Crippen molar-refractivity contribution in [1.82, 2.24) is 19.5 Å². The summed E-state index contributed by atoms with van der Waals surface area (Å²) >= 11 is 0. The summed E-state index contributed by atoms with van der Waals surface area (Å²) < 4.78 is 33.8. The molecule has 0 saturated carbocycles. The minimum atomic E-state index is -4.21. The van der Waals surface area contributed by atoms with Gasteiger partial charge in [0.1, 0.15) is 30.2 Å². The van der Waals surface area contributed by atoms with Crippen molar-refractivity contribution < 1.29 is 27.6 Å². The summed E-state index contributed by atoms with van der Waals surface area (Å²) in [5, 5.41) is 25.6. The monoisotopic (exact) mass is 461 g/mol. The van der Waals surface area contributed by atoms with E-state index in [1.807, 2.05) is 12.1 Å². The van der Waals surface area contributed by atoms with Crippen molar-refractivity contribution in [2.75, 3.05) is 6.61 Å². The van der Waals surface area contributed by atoms with Crippen LogP contribution in [0.25, 0.3) is 11.2 Å². The molecule has 0 spiro atoms. The first kappa shape index (κ1) is 21.4. The Kier molecular flexibility index (Phi) is 5.43. The standard InChI is InChI=1S/C20H23N5O6S/c21-32(28,29)30-8-15-17(26)18(27)20(31-15)25-10-24-16-14(22-9-23-19(16)25)7-12-6-5-11-3-1-2-4-13(11)12/h1-4,9-10,12,15,17-18,20,26-27H,5-8H2,(H2,21,28,29)/t12-,15-,17-,18-,20-/m1/s1. The van der Waals surface area contributed by atoms with Crippen molar-refractivity contribution in [3.8, 4) is 0 Å². The minimum Gasteiger partial charge on any atom is -0.387 e. The van der Waals surface area contributed by atoms with Crippen LogP contribution >= 0.6 is 0 Å². The number of hydrogen-bond donors (Lipinski definition) is 3. The lowest BCUT2D eigenvalue weighted by Crippen LogP contribution is -2.35. The second-order valence-electron chi connectivity index (χ2n) is 8.11. The van der Waals surface area contributed by atoms with Crippen LogP contribution in [0.15, 0.2) is 36.9 Å². The van der Waals surface area contributed by atoms with Gasteiger partial charge in [0.25, 0.3) is 0 Å². The van der Waals surface area contributed by atoms with Gasteiger partial charge in [0.05, 0.1) is 18.6 Å². The van der Waals surface area contributed by atoms with Crippen LogP contribution in [0.4, 0.5) is 0 Å². The molecule has 1 aromatic carbocycles. The van der Waals surface area contributed by atoms with Crippen molar-refractivity contribution in [2.45, 2.75) is 49.7 Å². The average Bonchev–Trinajstić information content (AvgIpc) is 3.44. The van der Waals surface area contributed by atoms with Crippen molar-refractivity contribution in [1.29, 1.82) is 0 Å². The van der Waals surface area contributed by atoms with Crippen LogP contribution in [0.3, 0.4) is 0 Å². The summed E-state index contributed by atoms with van der Waals surface area (Å²) in [7, 11) is -4.21. The van der Waals surface area contributed by atoms with Gasteiger partial charge < -0.3 is 14.9 Å². The van der Waals surface area contributed by atoms with Gasteiger partial charge in [-0.25, -0.2) is 20.1 Å². The van der Waals surface area contributed by atoms with E-state index in [-0.39, 0.29) is 0 Å². The minimum absolute atomic E-state index is 0.337. The highest BCUT2D eigenvalue weighted by Crippen LogP contribution is 2.37. The van der Waals surface area contributed by atoms with Crippen LogP contribution in [-0.2, 0) is 32.1 Å². The quantitative estimate of drug-likeness (QED) is 0.456. The molecule has 1 saturated heterocycles. The first-order valence-corrected chi connectivity index (χ1v) is 11.7. The smallest absolute Gasteiger partial charge is 0.333 e. The molecule has 1 aliphatic carbocycles. The Morgan fingerprint density at radius 2 is 2.00 bits per heavy atom. The van der Waals surface area contributed by atoms with E-state index in [9.17, 15) is 18.6 Å². The number of aliphatic hydroxyl groups excluding tert-OH is 2. The largest absolute Gasteiger partial charge is 0.387 e. The zero-order chi connectivity index (χ0) is 22.5. The third-order valence-corrected chi connectivity index (χ3v) is 6.60. The van der Waals surface area contributed by atoms with Crippen molar-refractivity contribution in [3.05, 3.63) is 53.7 Å². The summed E-state index contributed by atoms with van der Waals surface area (Å²) in [5.74, 6) is 0.337. The number of rotatable bonds is 6. The van der Waals surface area contributed by atoms with Crippen LogP contribution in [-0.4, -0.2) is 63.1 Å². The Morgan fingerprint density at radius 1 is 1.19 bits per heavy atom. The van der Waals surface area contributed by atoms with E-state index in [0.717, 1.165) is 18.5 Å². The summed E-state index contributed by atoms with van der Waals surface area (Å²) in [6, 6.07) is 8.40. The summed E-state index contributed by atoms with van der Waals surface area (Å²) in [6.07, 6.45) is 0.831. The zero-order valence-electron chi connectivity index (χ0n) is 17.0. The van der Waals surface area contributed by atoms with Crippen LogP contribution in [0, 0.1) is 0 Å². The third kappa shape index (κ3) is 3.89. The fourth-order valence-electron chi connectivity index (χ4n) is 4.59. The van der Waals surface area contributed by atoms with Crippen LogP contribution < -0.4 is 5.14 Å². The highest BCUT2D eigenvalue weighted by molar-refractivity contribution is 7.84. The topological polar surface area (TPSA) is 163 Å². The lowest BCUT2D eigenvalue weighted by atomic mass is 9.96. The molecule has 1 aliphatic heterocycles. The van der Waals surface area contributed by atoms with E-state index in [4.69, 9.17) is 9.88 Å².